The standard InChI is InChI=1S/C14H20F4O4Si/c1-5-20-23(21-6-2,22-7-3)8-9-10(15)12(17)14(19-4)13(18)11(9)16/h5-8H2,1-4H3. The minimum atomic E-state index is -3.53. The Morgan fingerprint density at radius 3 is 1.43 bits per heavy atom. The number of benzene rings is 1. The van der Waals surface area contributed by atoms with Crippen molar-refractivity contribution in [1.82, 2.24) is 0 Å². The maximum Gasteiger partial charge on any atom is 0.505 e. The maximum absolute atomic E-state index is 14.1. The number of halogens is 4. The van der Waals surface area contributed by atoms with Gasteiger partial charge in [0, 0.05) is 31.4 Å². The molecule has 9 heteroatoms. The summed E-state index contributed by atoms with van der Waals surface area (Å²) in [6.07, 6.45) is 0. The molecule has 0 saturated carbocycles. The van der Waals surface area contributed by atoms with Crippen molar-refractivity contribution in [2.24, 2.45) is 0 Å². The molecule has 0 N–H and O–H groups in total. The summed E-state index contributed by atoms with van der Waals surface area (Å²) in [6, 6.07) is -0.530. The molecule has 132 valence electrons. The van der Waals surface area contributed by atoms with Crippen LogP contribution >= 0.6 is 0 Å². The van der Waals surface area contributed by atoms with Crippen molar-refractivity contribution < 1.29 is 35.6 Å². The highest BCUT2D eigenvalue weighted by atomic mass is 28.4. The van der Waals surface area contributed by atoms with E-state index in [1.807, 2.05) is 0 Å². The van der Waals surface area contributed by atoms with Gasteiger partial charge in [0.15, 0.2) is 17.4 Å². The van der Waals surface area contributed by atoms with E-state index in [4.69, 9.17) is 13.3 Å². The van der Waals surface area contributed by atoms with Crippen LogP contribution in [-0.2, 0) is 19.3 Å². The molecule has 0 aliphatic rings. The van der Waals surface area contributed by atoms with Crippen LogP contribution in [0.1, 0.15) is 26.3 Å². The zero-order chi connectivity index (χ0) is 17.6. The summed E-state index contributed by atoms with van der Waals surface area (Å²) in [5.41, 5.74) is -0.817. The Bertz CT molecular complexity index is 496. The number of hydrogen-bond acceptors (Lipinski definition) is 4. The maximum atomic E-state index is 14.1. The van der Waals surface area contributed by atoms with Crippen molar-refractivity contribution in [2.45, 2.75) is 26.8 Å². The van der Waals surface area contributed by atoms with Gasteiger partial charge in [0.05, 0.1) is 7.11 Å². The first-order valence-corrected chi connectivity index (χ1v) is 9.11. The van der Waals surface area contributed by atoms with Crippen molar-refractivity contribution in [3.05, 3.63) is 28.8 Å². The fourth-order valence-corrected chi connectivity index (χ4v) is 4.76. The molecule has 0 saturated heterocycles. The monoisotopic (exact) mass is 356 g/mol. The van der Waals surface area contributed by atoms with Gasteiger partial charge in [-0.05, 0) is 20.8 Å². The van der Waals surface area contributed by atoms with Crippen molar-refractivity contribution >= 4 is 8.80 Å². The lowest BCUT2D eigenvalue weighted by atomic mass is 10.2. The molecular formula is C14H20F4O4Si. The molecule has 0 aromatic heterocycles. The summed E-state index contributed by atoms with van der Waals surface area (Å²) >= 11 is 0. The Balaban J connectivity index is 3.38. The lowest BCUT2D eigenvalue weighted by molar-refractivity contribution is 0.0697. The van der Waals surface area contributed by atoms with E-state index in [0.29, 0.717) is 0 Å². The zero-order valence-corrected chi connectivity index (χ0v) is 14.5. The second-order valence-corrected chi connectivity index (χ2v) is 7.01. The topological polar surface area (TPSA) is 36.9 Å². The molecule has 1 aromatic rings. The van der Waals surface area contributed by atoms with Crippen molar-refractivity contribution in [1.29, 1.82) is 0 Å². The number of methoxy groups -OCH3 is 1. The van der Waals surface area contributed by atoms with Crippen molar-refractivity contribution in [2.75, 3.05) is 26.9 Å². The molecule has 1 rings (SSSR count). The van der Waals surface area contributed by atoms with Gasteiger partial charge in [-0.1, -0.05) is 0 Å². The minimum Gasteiger partial charge on any atom is -0.491 e. The predicted octanol–water partition coefficient (Wildman–Crippen LogP) is 3.38. The van der Waals surface area contributed by atoms with E-state index in [1.165, 1.54) is 0 Å². The first-order chi connectivity index (χ1) is 10.9. The molecule has 0 aliphatic carbocycles. The van der Waals surface area contributed by atoms with Crippen LogP contribution in [0.15, 0.2) is 0 Å². The Kier molecular flexibility index (Phi) is 7.45. The van der Waals surface area contributed by atoms with Crippen LogP contribution in [0.2, 0.25) is 0 Å². The average Bonchev–Trinajstić information content (AvgIpc) is 2.51. The number of rotatable bonds is 9. The van der Waals surface area contributed by atoms with Gasteiger partial charge in [0.2, 0.25) is 11.6 Å². The molecule has 0 radical (unpaired) electrons. The van der Waals surface area contributed by atoms with Crippen LogP contribution in [0, 0.1) is 23.3 Å². The highest BCUT2D eigenvalue weighted by molar-refractivity contribution is 6.60. The van der Waals surface area contributed by atoms with Gasteiger partial charge in [0.25, 0.3) is 0 Å². The van der Waals surface area contributed by atoms with E-state index < -0.39 is 49.4 Å². The van der Waals surface area contributed by atoms with E-state index in [-0.39, 0.29) is 19.8 Å². The third kappa shape index (κ3) is 4.22. The van der Waals surface area contributed by atoms with Gasteiger partial charge in [0.1, 0.15) is 0 Å². The van der Waals surface area contributed by atoms with Crippen LogP contribution in [0.25, 0.3) is 0 Å². The fraction of sp³-hybridized carbons (Fsp3) is 0.571. The molecule has 0 unspecified atom stereocenters. The summed E-state index contributed by atoms with van der Waals surface area (Å²) in [5, 5.41) is 0. The molecule has 0 aliphatic heterocycles. The Morgan fingerprint density at radius 2 is 1.13 bits per heavy atom. The Hall–Kier alpha value is -1.16. The van der Waals surface area contributed by atoms with E-state index in [2.05, 4.69) is 4.74 Å². The molecular weight excluding hydrogens is 336 g/mol. The molecule has 0 bridgehead atoms. The first-order valence-electron chi connectivity index (χ1n) is 7.18. The molecule has 0 amide bonds. The lowest BCUT2D eigenvalue weighted by Crippen LogP contribution is -2.49. The molecule has 23 heavy (non-hydrogen) atoms. The van der Waals surface area contributed by atoms with Crippen LogP contribution in [0.3, 0.4) is 0 Å². The second kappa shape index (κ2) is 8.62. The van der Waals surface area contributed by atoms with Crippen LogP contribution in [0.5, 0.6) is 5.75 Å². The first kappa shape index (κ1) is 19.9. The quantitative estimate of drug-likeness (QED) is 0.386. The van der Waals surface area contributed by atoms with Crippen LogP contribution < -0.4 is 4.74 Å². The molecule has 0 heterocycles. The van der Waals surface area contributed by atoms with E-state index in [9.17, 15) is 17.6 Å². The molecule has 0 atom stereocenters. The number of hydrogen-bond donors (Lipinski definition) is 0. The fourth-order valence-electron chi connectivity index (χ4n) is 2.15. The number of ether oxygens (including phenoxy) is 1. The third-order valence-corrected chi connectivity index (χ3v) is 5.98. The van der Waals surface area contributed by atoms with E-state index in [0.717, 1.165) is 7.11 Å². The summed E-state index contributed by atoms with van der Waals surface area (Å²) in [6.45, 7) is 5.45. The van der Waals surface area contributed by atoms with E-state index >= 15 is 0 Å². The summed E-state index contributed by atoms with van der Waals surface area (Å²) in [4.78, 5) is 0. The SMILES string of the molecule is CCO[Si](Cc1c(F)c(F)c(OC)c(F)c1F)(OCC)OCC. The normalized spacial score (nSPS) is 11.8. The third-order valence-electron chi connectivity index (χ3n) is 3.00. The largest absolute Gasteiger partial charge is 0.505 e. The zero-order valence-electron chi connectivity index (χ0n) is 13.5. The Labute approximate surface area is 133 Å². The van der Waals surface area contributed by atoms with Gasteiger partial charge < -0.3 is 18.0 Å². The molecule has 0 spiro atoms. The lowest BCUT2D eigenvalue weighted by Gasteiger charge is -2.28. The molecule has 4 nitrogen and oxygen atoms in total. The van der Waals surface area contributed by atoms with Gasteiger partial charge in [-0.2, -0.15) is 8.78 Å². The average molecular weight is 356 g/mol. The predicted molar refractivity (Wildman–Crippen MR) is 77.2 cm³/mol. The van der Waals surface area contributed by atoms with Crippen LogP contribution in [0.4, 0.5) is 17.6 Å². The van der Waals surface area contributed by atoms with Crippen molar-refractivity contribution in [3.63, 3.8) is 0 Å². The van der Waals surface area contributed by atoms with Gasteiger partial charge in [-0.25, -0.2) is 8.78 Å². The van der Waals surface area contributed by atoms with Gasteiger partial charge >= 0.3 is 8.80 Å². The van der Waals surface area contributed by atoms with E-state index in [1.54, 1.807) is 20.8 Å². The second-order valence-electron chi connectivity index (χ2n) is 4.43. The molecule has 0 fully saturated rings. The smallest absolute Gasteiger partial charge is 0.491 e. The summed E-state index contributed by atoms with van der Waals surface area (Å²) in [5.74, 6) is -7.41. The minimum absolute atomic E-state index is 0.163. The van der Waals surface area contributed by atoms with Gasteiger partial charge in [-0.15, -0.1) is 0 Å². The highest BCUT2D eigenvalue weighted by Crippen LogP contribution is 2.32. The molecule has 1 aromatic carbocycles. The van der Waals surface area contributed by atoms with Crippen LogP contribution in [-0.4, -0.2) is 35.7 Å². The van der Waals surface area contributed by atoms with Gasteiger partial charge in [-0.3, -0.25) is 0 Å². The Morgan fingerprint density at radius 1 is 0.739 bits per heavy atom. The van der Waals surface area contributed by atoms with Crippen molar-refractivity contribution in [3.8, 4) is 5.75 Å². The summed E-state index contributed by atoms with van der Waals surface area (Å²) in [7, 11) is -2.61. The highest BCUT2D eigenvalue weighted by Gasteiger charge is 2.44. The summed E-state index contributed by atoms with van der Waals surface area (Å²) < 4.78 is 76.6.